The van der Waals surface area contributed by atoms with Gasteiger partial charge in [0.15, 0.2) is 0 Å². The molecule has 3 saturated heterocycles. The van der Waals surface area contributed by atoms with Crippen LogP contribution in [-0.4, -0.2) is 38.0 Å². The standard InChI is InChI=1S/C28H28O5S/c1-26-16-31-27(32-17-26,33-18-26)14-13-19-7-9-20(10-8-19)28(29)22-5-3-4-6-24(22)34-25-15-21(30-2)11-12-23(25)28/h3-12,15,29H,13-14,16-18H2,1-2H3. The van der Waals surface area contributed by atoms with Gasteiger partial charge in [-0.1, -0.05) is 67.2 Å². The number of aliphatic hydroxyl groups is 1. The van der Waals surface area contributed by atoms with Gasteiger partial charge in [-0.05, 0) is 35.7 Å². The molecule has 3 fully saturated rings. The van der Waals surface area contributed by atoms with Crippen molar-refractivity contribution in [1.82, 2.24) is 0 Å². The zero-order valence-corrected chi connectivity index (χ0v) is 20.2. The number of methoxy groups -OCH3 is 1. The second kappa shape index (κ2) is 8.11. The Morgan fingerprint density at radius 2 is 1.56 bits per heavy atom. The van der Waals surface area contributed by atoms with Crippen LogP contribution < -0.4 is 4.74 Å². The van der Waals surface area contributed by atoms with Crippen LogP contribution in [0.25, 0.3) is 0 Å². The van der Waals surface area contributed by atoms with Crippen molar-refractivity contribution in [1.29, 1.82) is 0 Å². The van der Waals surface area contributed by atoms with Gasteiger partial charge in [0.25, 0.3) is 5.97 Å². The molecule has 1 N–H and O–H groups in total. The molecule has 4 aliphatic heterocycles. The summed E-state index contributed by atoms with van der Waals surface area (Å²) in [5, 5.41) is 12.2. The molecule has 0 spiro atoms. The molecule has 2 bridgehead atoms. The zero-order chi connectivity index (χ0) is 23.4. The third kappa shape index (κ3) is 3.56. The molecule has 0 aliphatic carbocycles. The van der Waals surface area contributed by atoms with Crippen LogP contribution in [0.3, 0.4) is 0 Å². The molecular weight excluding hydrogens is 448 g/mol. The second-order valence-corrected chi connectivity index (χ2v) is 10.8. The predicted molar refractivity (Wildman–Crippen MR) is 129 cm³/mol. The number of ether oxygens (including phenoxy) is 4. The number of rotatable bonds is 5. The molecule has 176 valence electrons. The third-order valence-electron chi connectivity index (χ3n) is 7.09. The van der Waals surface area contributed by atoms with E-state index in [1.165, 1.54) is 0 Å². The van der Waals surface area contributed by atoms with Gasteiger partial charge in [-0.2, -0.15) is 0 Å². The van der Waals surface area contributed by atoms with Crippen LogP contribution in [0.15, 0.2) is 76.5 Å². The van der Waals surface area contributed by atoms with Crippen LogP contribution in [0.2, 0.25) is 0 Å². The number of fused-ring (bicyclic) bond motifs is 5. The second-order valence-electron chi connectivity index (χ2n) is 9.73. The summed E-state index contributed by atoms with van der Waals surface area (Å²) in [6.45, 7) is 4.12. The van der Waals surface area contributed by atoms with Gasteiger partial charge < -0.3 is 24.1 Å². The van der Waals surface area contributed by atoms with Crippen molar-refractivity contribution in [3.05, 3.63) is 89.0 Å². The Morgan fingerprint density at radius 1 is 0.882 bits per heavy atom. The van der Waals surface area contributed by atoms with Gasteiger partial charge in [-0.25, -0.2) is 0 Å². The highest BCUT2D eigenvalue weighted by Crippen LogP contribution is 2.51. The van der Waals surface area contributed by atoms with E-state index in [2.05, 4.69) is 25.1 Å². The molecule has 0 amide bonds. The molecule has 4 heterocycles. The maximum atomic E-state index is 12.2. The molecule has 3 aromatic carbocycles. The van der Waals surface area contributed by atoms with Gasteiger partial charge in [0.1, 0.15) is 11.4 Å². The fraction of sp³-hybridized carbons (Fsp3) is 0.357. The maximum absolute atomic E-state index is 12.2. The largest absolute Gasteiger partial charge is 0.497 e. The fourth-order valence-corrected chi connectivity index (χ4v) is 6.18. The van der Waals surface area contributed by atoms with E-state index in [-0.39, 0.29) is 5.41 Å². The normalized spacial score (nSPS) is 29.4. The van der Waals surface area contributed by atoms with Crippen molar-refractivity contribution in [2.75, 3.05) is 26.9 Å². The van der Waals surface area contributed by atoms with Crippen LogP contribution in [-0.2, 0) is 26.2 Å². The lowest BCUT2D eigenvalue weighted by atomic mass is 9.79. The molecule has 0 aromatic heterocycles. The molecule has 6 heteroatoms. The van der Waals surface area contributed by atoms with Gasteiger partial charge in [0.2, 0.25) is 0 Å². The summed E-state index contributed by atoms with van der Waals surface area (Å²) in [4.78, 5) is 2.04. The van der Waals surface area contributed by atoms with Crippen molar-refractivity contribution in [3.63, 3.8) is 0 Å². The summed E-state index contributed by atoms with van der Waals surface area (Å²) in [6, 6.07) is 22.1. The molecular formula is C28H28O5S. The highest BCUT2D eigenvalue weighted by Gasteiger charge is 2.50. The van der Waals surface area contributed by atoms with Crippen LogP contribution in [0.1, 0.15) is 35.6 Å². The molecule has 1 unspecified atom stereocenters. The minimum Gasteiger partial charge on any atom is -0.497 e. The summed E-state index contributed by atoms with van der Waals surface area (Å²) in [7, 11) is 1.66. The van der Waals surface area contributed by atoms with Gasteiger partial charge in [0.05, 0.1) is 26.9 Å². The van der Waals surface area contributed by atoms with E-state index in [1.807, 2.05) is 48.5 Å². The van der Waals surface area contributed by atoms with Crippen LogP contribution >= 0.6 is 11.8 Å². The van der Waals surface area contributed by atoms with Crippen molar-refractivity contribution in [3.8, 4) is 5.75 Å². The van der Waals surface area contributed by atoms with E-state index in [0.29, 0.717) is 26.2 Å². The van der Waals surface area contributed by atoms with Gasteiger partial charge in [-0.15, -0.1) is 0 Å². The lowest BCUT2D eigenvalue weighted by molar-refractivity contribution is -0.467. The lowest BCUT2D eigenvalue weighted by Gasteiger charge is -2.50. The molecule has 0 radical (unpaired) electrons. The average Bonchev–Trinajstić information content (AvgIpc) is 2.88. The number of aryl methyl sites for hydroxylation is 1. The summed E-state index contributed by atoms with van der Waals surface area (Å²) in [5.41, 5.74) is 2.47. The molecule has 0 saturated carbocycles. The molecule has 1 atom stereocenters. The van der Waals surface area contributed by atoms with E-state index >= 15 is 0 Å². The van der Waals surface area contributed by atoms with E-state index in [4.69, 9.17) is 18.9 Å². The molecule has 4 aliphatic rings. The number of benzene rings is 3. The minimum atomic E-state index is -1.24. The van der Waals surface area contributed by atoms with Gasteiger partial charge in [0, 0.05) is 32.8 Å². The molecule has 3 aromatic rings. The topological polar surface area (TPSA) is 57.2 Å². The highest BCUT2D eigenvalue weighted by molar-refractivity contribution is 7.99. The Bertz CT molecular complexity index is 1200. The van der Waals surface area contributed by atoms with Crippen LogP contribution in [0, 0.1) is 5.41 Å². The Labute approximate surface area is 204 Å². The Balaban J connectivity index is 1.29. The van der Waals surface area contributed by atoms with E-state index in [1.54, 1.807) is 18.9 Å². The van der Waals surface area contributed by atoms with Crippen molar-refractivity contribution < 1.29 is 24.1 Å². The zero-order valence-electron chi connectivity index (χ0n) is 19.4. The Morgan fingerprint density at radius 3 is 2.26 bits per heavy atom. The highest BCUT2D eigenvalue weighted by atomic mass is 32.2. The molecule has 34 heavy (non-hydrogen) atoms. The van der Waals surface area contributed by atoms with E-state index < -0.39 is 11.6 Å². The summed E-state index contributed by atoms with van der Waals surface area (Å²) in [5.74, 6) is -0.147. The average molecular weight is 477 g/mol. The SMILES string of the molecule is COc1ccc2c(c1)Sc1ccccc1C2(O)c1ccc(CCC23OCC(C)(CO2)CO3)cc1. The smallest absolute Gasteiger partial charge is 0.283 e. The number of hydrogen-bond donors (Lipinski definition) is 1. The number of hydrogen-bond acceptors (Lipinski definition) is 6. The minimum absolute atomic E-state index is 0.0340. The predicted octanol–water partition coefficient (Wildman–Crippen LogP) is 5.11. The maximum Gasteiger partial charge on any atom is 0.283 e. The first-order valence-corrected chi connectivity index (χ1v) is 12.4. The fourth-order valence-electron chi connectivity index (χ4n) is 4.97. The van der Waals surface area contributed by atoms with Crippen molar-refractivity contribution in [2.24, 2.45) is 5.41 Å². The van der Waals surface area contributed by atoms with Crippen LogP contribution in [0.5, 0.6) is 5.75 Å². The van der Waals surface area contributed by atoms with Gasteiger partial charge >= 0.3 is 0 Å². The van der Waals surface area contributed by atoms with Crippen molar-refractivity contribution >= 4 is 11.8 Å². The first-order valence-electron chi connectivity index (χ1n) is 11.6. The summed E-state index contributed by atoms with van der Waals surface area (Å²) < 4.78 is 23.2. The first-order chi connectivity index (χ1) is 16.4. The van der Waals surface area contributed by atoms with Crippen LogP contribution in [0.4, 0.5) is 0 Å². The first kappa shape index (κ1) is 22.1. The summed E-state index contributed by atoms with van der Waals surface area (Å²) >= 11 is 1.66. The molecule has 7 rings (SSSR count). The molecule has 5 nitrogen and oxygen atoms in total. The lowest BCUT2D eigenvalue weighted by Crippen LogP contribution is -2.59. The van der Waals surface area contributed by atoms with Gasteiger partial charge in [-0.3, -0.25) is 0 Å². The third-order valence-corrected chi connectivity index (χ3v) is 8.22. The monoisotopic (exact) mass is 476 g/mol. The Hall–Kier alpha value is -2.35. The summed E-state index contributed by atoms with van der Waals surface area (Å²) in [6.07, 6.45) is 1.39. The Kier molecular flexibility index (Phi) is 5.28. The quantitative estimate of drug-likeness (QED) is 0.552. The van der Waals surface area contributed by atoms with E-state index in [9.17, 15) is 5.11 Å². The van der Waals surface area contributed by atoms with Crippen molar-refractivity contribution in [2.45, 2.75) is 41.1 Å². The van der Waals surface area contributed by atoms with E-state index in [0.717, 1.165) is 44.2 Å².